The minimum atomic E-state index is -0.971. The Hall–Kier alpha value is -1.23. The Morgan fingerprint density at radius 1 is 1.30 bits per heavy atom. The smallest absolute Gasteiger partial charge is 0.335 e. The van der Waals surface area contributed by atoms with Crippen LogP contribution in [0, 0.1) is 0 Å². The van der Waals surface area contributed by atoms with Crippen molar-refractivity contribution >= 4 is 40.9 Å². The van der Waals surface area contributed by atoms with Crippen molar-refractivity contribution in [1.82, 2.24) is 4.98 Å². The fourth-order valence-electron chi connectivity index (χ4n) is 1.59. The summed E-state index contributed by atoms with van der Waals surface area (Å²) >= 11 is 13.3. The average molecular weight is 328 g/mol. The lowest BCUT2D eigenvalue weighted by Gasteiger charge is -2.07. The molecule has 0 aliphatic heterocycles. The van der Waals surface area contributed by atoms with Gasteiger partial charge >= 0.3 is 5.97 Å². The number of aromatic carboxylic acids is 1. The molecule has 0 aliphatic rings. The maximum atomic E-state index is 11.1. The van der Waals surface area contributed by atoms with Gasteiger partial charge < -0.3 is 5.11 Å². The van der Waals surface area contributed by atoms with E-state index >= 15 is 0 Å². The number of rotatable bonds is 4. The Balaban J connectivity index is 2.39. The van der Waals surface area contributed by atoms with E-state index in [4.69, 9.17) is 28.3 Å². The summed E-state index contributed by atoms with van der Waals surface area (Å²) in [6.07, 6.45) is 0.665. The fraction of sp³-hybridized carbons (Fsp3) is 0.143. The fourth-order valence-corrected chi connectivity index (χ4v) is 2.98. The Kier molecular flexibility index (Phi) is 4.91. The van der Waals surface area contributed by atoms with Gasteiger partial charge in [-0.05, 0) is 36.8 Å². The lowest BCUT2D eigenvalue weighted by Crippen LogP contribution is -2.00. The van der Waals surface area contributed by atoms with E-state index in [1.165, 1.54) is 17.8 Å². The normalized spacial score (nSPS) is 10.6. The van der Waals surface area contributed by atoms with Gasteiger partial charge in [-0.25, -0.2) is 9.78 Å². The average Bonchev–Trinajstić information content (AvgIpc) is 2.42. The molecule has 0 radical (unpaired) electrons. The molecule has 0 saturated carbocycles. The standard InChI is InChI=1S/C14H11Cl2NO2S/c1-2-10-5-8(14(18)19)6-13(17-10)20-12-7-9(15)3-4-11(12)16/h3-7H,2H2,1H3,(H,18,19). The lowest BCUT2D eigenvalue weighted by molar-refractivity contribution is 0.0696. The molecule has 0 bridgehead atoms. The molecule has 104 valence electrons. The van der Waals surface area contributed by atoms with Crippen molar-refractivity contribution in [2.24, 2.45) is 0 Å². The maximum absolute atomic E-state index is 11.1. The van der Waals surface area contributed by atoms with Gasteiger partial charge in [-0.1, -0.05) is 41.9 Å². The number of hydrogen-bond donors (Lipinski definition) is 1. The number of aryl methyl sites for hydroxylation is 1. The molecule has 20 heavy (non-hydrogen) atoms. The molecule has 0 saturated heterocycles. The molecule has 2 aromatic rings. The van der Waals surface area contributed by atoms with Crippen LogP contribution in [0.1, 0.15) is 23.0 Å². The third kappa shape index (κ3) is 3.66. The summed E-state index contributed by atoms with van der Waals surface area (Å²) in [6.45, 7) is 1.93. The molecule has 6 heteroatoms. The second-order valence-corrected chi connectivity index (χ2v) is 5.93. The summed E-state index contributed by atoms with van der Waals surface area (Å²) in [5.41, 5.74) is 0.947. The minimum absolute atomic E-state index is 0.220. The van der Waals surface area contributed by atoms with Crippen LogP contribution in [-0.2, 0) is 6.42 Å². The highest BCUT2D eigenvalue weighted by Crippen LogP contribution is 2.34. The molecule has 0 atom stereocenters. The van der Waals surface area contributed by atoms with Crippen molar-refractivity contribution < 1.29 is 9.90 Å². The van der Waals surface area contributed by atoms with Crippen LogP contribution >= 0.6 is 35.0 Å². The third-order valence-electron chi connectivity index (χ3n) is 2.57. The summed E-state index contributed by atoms with van der Waals surface area (Å²) in [6, 6.07) is 8.24. The number of carboxylic acid groups (broad SMARTS) is 1. The number of carboxylic acids is 1. The molecule has 2 rings (SSSR count). The van der Waals surface area contributed by atoms with Gasteiger partial charge in [0.15, 0.2) is 0 Å². The first kappa shape index (κ1) is 15.2. The summed E-state index contributed by atoms with van der Waals surface area (Å²) in [5.74, 6) is -0.971. The van der Waals surface area contributed by atoms with Gasteiger partial charge in [-0.15, -0.1) is 0 Å². The molecule has 3 nitrogen and oxygen atoms in total. The molecule has 0 aliphatic carbocycles. The molecular weight excluding hydrogens is 317 g/mol. The first-order valence-electron chi connectivity index (χ1n) is 5.86. The quantitative estimate of drug-likeness (QED) is 0.876. The Labute approximate surface area is 130 Å². The van der Waals surface area contributed by atoms with Crippen molar-refractivity contribution in [1.29, 1.82) is 0 Å². The first-order valence-corrected chi connectivity index (χ1v) is 7.44. The Morgan fingerprint density at radius 2 is 2.05 bits per heavy atom. The second kappa shape index (κ2) is 6.48. The van der Waals surface area contributed by atoms with E-state index in [1.54, 1.807) is 24.3 Å². The monoisotopic (exact) mass is 327 g/mol. The van der Waals surface area contributed by atoms with Gasteiger partial charge in [0.05, 0.1) is 10.6 Å². The van der Waals surface area contributed by atoms with Crippen LogP contribution < -0.4 is 0 Å². The first-order chi connectivity index (χ1) is 9.49. The van der Waals surface area contributed by atoms with Crippen LogP contribution in [0.15, 0.2) is 40.3 Å². The molecule has 0 spiro atoms. The predicted octanol–water partition coefficient (Wildman–Crippen LogP) is 4.80. The van der Waals surface area contributed by atoms with E-state index in [9.17, 15) is 4.79 Å². The van der Waals surface area contributed by atoms with Crippen LogP contribution in [0.5, 0.6) is 0 Å². The summed E-state index contributed by atoms with van der Waals surface area (Å²) in [4.78, 5) is 16.3. The minimum Gasteiger partial charge on any atom is -0.478 e. The maximum Gasteiger partial charge on any atom is 0.335 e. The largest absolute Gasteiger partial charge is 0.478 e. The van der Waals surface area contributed by atoms with Crippen molar-refractivity contribution in [3.8, 4) is 0 Å². The summed E-state index contributed by atoms with van der Waals surface area (Å²) in [7, 11) is 0. The molecule has 0 fully saturated rings. The van der Waals surface area contributed by atoms with Gasteiger partial charge in [-0.3, -0.25) is 0 Å². The Morgan fingerprint density at radius 3 is 2.70 bits per heavy atom. The number of hydrogen-bond acceptors (Lipinski definition) is 3. The highest BCUT2D eigenvalue weighted by molar-refractivity contribution is 7.99. The van der Waals surface area contributed by atoms with Crippen molar-refractivity contribution in [2.75, 3.05) is 0 Å². The van der Waals surface area contributed by atoms with E-state index in [0.717, 1.165) is 10.6 Å². The number of aromatic nitrogens is 1. The van der Waals surface area contributed by atoms with Crippen LogP contribution in [0.2, 0.25) is 10.0 Å². The lowest BCUT2D eigenvalue weighted by atomic mass is 10.2. The second-order valence-electron chi connectivity index (χ2n) is 4.02. The number of halogens is 2. The molecular formula is C14H11Cl2NO2S. The third-order valence-corrected chi connectivity index (χ3v) is 4.22. The van der Waals surface area contributed by atoms with Crippen molar-refractivity contribution in [3.05, 3.63) is 51.6 Å². The number of nitrogens with zero attached hydrogens (tertiary/aromatic N) is 1. The number of benzene rings is 1. The zero-order chi connectivity index (χ0) is 14.7. The zero-order valence-electron chi connectivity index (χ0n) is 10.6. The van der Waals surface area contributed by atoms with Crippen LogP contribution in [0.3, 0.4) is 0 Å². The SMILES string of the molecule is CCc1cc(C(=O)O)cc(Sc2cc(Cl)ccc2Cl)n1. The van der Waals surface area contributed by atoms with Gasteiger partial charge in [0, 0.05) is 15.6 Å². The summed E-state index contributed by atoms with van der Waals surface area (Å²) in [5, 5.41) is 10.8. The predicted molar refractivity (Wildman–Crippen MR) is 81.2 cm³/mol. The molecule has 1 N–H and O–H groups in total. The molecule has 1 heterocycles. The van der Waals surface area contributed by atoms with E-state index in [2.05, 4.69) is 4.98 Å². The van der Waals surface area contributed by atoms with E-state index < -0.39 is 5.97 Å². The van der Waals surface area contributed by atoms with E-state index in [0.29, 0.717) is 21.5 Å². The molecule has 0 amide bonds. The summed E-state index contributed by atoms with van der Waals surface area (Å²) < 4.78 is 0. The zero-order valence-corrected chi connectivity index (χ0v) is 12.9. The van der Waals surface area contributed by atoms with Gasteiger partial charge in [0.2, 0.25) is 0 Å². The van der Waals surface area contributed by atoms with Gasteiger partial charge in [-0.2, -0.15) is 0 Å². The number of pyridine rings is 1. The highest BCUT2D eigenvalue weighted by atomic mass is 35.5. The van der Waals surface area contributed by atoms with E-state index in [1.807, 2.05) is 6.92 Å². The molecule has 1 aromatic carbocycles. The van der Waals surface area contributed by atoms with Crippen LogP contribution in [-0.4, -0.2) is 16.1 Å². The topological polar surface area (TPSA) is 50.2 Å². The number of carbonyl (C=O) groups is 1. The van der Waals surface area contributed by atoms with E-state index in [-0.39, 0.29) is 5.56 Å². The molecule has 1 aromatic heterocycles. The highest BCUT2D eigenvalue weighted by Gasteiger charge is 2.11. The van der Waals surface area contributed by atoms with Gasteiger partial charge in [0.1, 0.15) is 5.03 Å². The van der Waals surface area contributed by atoms with Crippen molar-refractivity contribution in [2.45, 2.75) is 23.3 Å². The molecule has 0 unspecified atom stereocenters. The van der Waals surface area contributed by atoms with Crippen molar-refractivity contribution in [3.63, 3.8) is 0 Å². The van der Waals surface area contributed by atoms with Crippen LogP contribution in [0.4, 0.5) is 0 Å². The van der Waals surface area contributed by atoms with Crippen LogP contribution in [0.25, 0.3) is 0 Å². The van der Waals surface area contributed by atoms with Gasteiger partial charge in [0.25, 0.3) is 0 Å². The Bertz CT molecular complexity index is 662.